The Kier molecular flexibility index (Phi) is 3.04. The van der Waals surface area contributed by atoms with Crippen LogP contribution in [0.4, 0.5) is 5.69 Å². The molecule has 18 heavy (non-hydrogen) atoms. The molecule has 4 heteroatoms. The molecule has 0 unspecified atom stereocenters. The number of hydrogen-bond acceptors (Lipinski definition) is 3. The van der Waals surface area contributed by atoms with E-state index in [0.717, 1.165) is 0 Å². The lowest BCUT2D eigenvalue weighted by molar-refractivity contribution is -0.155. The Bertz CT molecular complexity index is 551. The van der Waals surface area contributed by atoms with Crippen LogP contribution in [0.15, 0.2) is 54.6 Å². The van der Waals surface area contributed by atoms with Crippen LogP contribution >= 0.6 is 0 Å². The van der Waals surface area contributed by atoms with Crippen molar-refractivity contribution in [3.05, 3.63) is 65.7 Å². The predicted octanol–water partition coefficient (Wildman–Crippen LogP) is 1.59. The van der Waals surface area contributed by atoms with Crippen molar-refractivity contribution >= 4 is 11.7 Å². The van der Waals surface area contributed by atoms with Crippen LogP contribution < -0.4 is 5.73 Å². The summed E-state index contributed by atoms with van der Waals surface area (Å²) in [6, 6.07) is 14.4. The van der Waals surface area contributed by atoms with E-state index in [2.05, 4.69) is 0 Å². The standard InChI is InChI=1S/C14H13NO3/c15-12-8-6-11(7-9-12)14(18,13(16)17)10-4-2-1-3-5-10/h1-9,18H,15H2,(H,16,17)/t14-/m0/s1. The summed E-state index contributed by atoms with van der Waals surface area (Å²) in [4.78, 5) is 11.4. The molecule has 2 rings (SSSR count). The van der Waals surface area contributed by atoms with E-state index < -0.39 is 11.6 Å². The first-order chi connectivity index (χ1) is 8.55. The summed E-state index contributed by atoms with van der Waals surface area (Å²) in [7, 11) is 0. The van der Waals surface area contributed by atoms with Gasteiger partial charge in [-0.25, -0.2) is 4.79 Å². The highest BCUT2D eigenvalue weighted by molar-refractivity contribution is 5.83. The van der Waals surface area contributed by atoms with Gasteiger partial charge in [0.25, 0.3) is 0 Å². The van der Waals surface area contributed by atoms with Crippen LogP contribution in [0.25, 0.3) is 0 Å². The largest absolute Gasteiger partial charge is 0.479 e. The fourth-order valence-electron chi connectivity index (χ4n) is 1.82. The highest BCUT2D eigenvalue weighted by Gasteiger charge is 2.39. The number of nitrogens with two attached hydrogens (primary N) is 1. The Morgan fingerprint density at radius 1 is 0.944 bits per heavy atom. The normalized spacial score (nSPS) is 13.8. The third-order valence-corrected chi connectivity index (χ3v) is 2.83. The summed E-state index contributed by atoms with van der Waals surface area (Å²) in [5, 5.41) is 19.8. The van der Waals surface area contributed by atoms with E-state index in [4.69, 9.17) is 5.73 Å². The molecule has 4 nitrogen and oxygen atoms in total. The molecule has 0 spiro atoms. The Hall–Kier alpha value is -2.33. The molecule has 2 aromatic rings. The smallest absolute Gasteiger partial charge is 0.345 e. The minimum atomic E-state index is -2.06. The van der Waals surface area contributed by atoms with Gasteiger partial charge in [-0.2, -0.15) is 0 Å². The first-order valence-corrected chi connectivity index (χ1v) is 5.42. The zero-order chi connectivity index (χ0) is 13.2. The molecule has 0 fully saturated rings. The van der Waals surface area contributed by atoms with Gasteiger partial charge < -0.3 is 15.9 Å². The monoisotopic (exact) mass is 243 g/mol. The van der Waals surface area contributed by atoms with E-state index in [0.29, 0.717) is 11.3 Å². The number of aliphatic hydroxyl groups is 1. The fourth-order valence-corrected chi connectivity index (χ4v) is 1.82. The second-order valence-electron chi connectivity index (χ2n) is 4.00. The summed E-state index contributed by atoms with van der Waals surface area (Å²) < 4.78 is 0. The molecule has 0 aliphatic rings. The Morgan fingerprint density at radius 2 is 1.44 bits per heavy atom. The van der Waals surface area contributed by atoms with Crippen LogP contribution in [-0.2, 0) is 10.4 Å². The summed E-state index contributed by atoms with van der Waals surface area (Å²) in [6.07, 6.45) is 0. The van der Waals surface area contributed by atoms with E-state index in [9.17, 15) is 15.0 Å². The van der Waals surface area contributed by atoms with Crippen molar-refractivity contribution in [3.63, 3.8) is 0 Å². The van der Waals surface area contributed by atoms with E-state index in [1.54, 1.807) is 42.5 Å². The molecule has 0 heterocycles. The minimum absolute atomic E-state index is 0.274. The topological polar surface area (TPSA) is 83.5 Å². The highest BCUT2D eigenvalue weighted by Crippen LogP contribution is 2.30. The van der Waals surface area contributed by atoms with Crippen LogP contribution in [0, 0.1) is 0 Å². The second kappa shape index (κ2) is 4.50. The van der Waals surface area contributed by atoms with Crippen molar-refractivity contribution in [1.82, 2.24) is 0 Å². The SMILES string of the molecule is Nc1ccc([C@](O)(C(=O)O)c2ccccc2)cc1. The zero-order valence-electron chi connectivity index (χ0n) is 9.58. The second-order valence-corrected chi connectivity index (χ2v) is 4.00. The van der Waals surface area contributed by atoms with Crippen LogP contribution in [0.3, 0.4) is 0 Å². The number of nitrogen functional groups attached to an aromatic ring is 1. The Morgan fingerprint density at radius 3 is 1.94 bits per heavy atom. The lowest BCUT2D eigenvalue weighted by Crippen LogP contribution is -2.36. The molecule has 0 saturated heterocycles. The highest BCUT2D eigenvalue weighted by atomic mass is 16.4. The molecule has 0 aliphatic carbocycles. The molecule has 0 saturated carbocycles. The van der Waals surface area contributed by atoms with Crippen molar-refractivity contribution in [1.29, 1.82) is 0 Å². The predicted molar refractivity (Wildman–Crippen MR) is 67.9 cm³/mol. The molecule has 0 bridgehead atoms. The first kappa shape index (κ1) is 12.1. The van der Waals surface area contributed by atoms with Gasteiger partial charge in [-0.15, -0.1) is 0 Å². The van der Waals surface area contributed by atoms with Crippen molar-refractivity contribution in [3.8, 4) is 0 Å². The van der Waals surface area contributed by atoms with Gasteiger partial charge in [0.2, 0.25) is 5.60 Å². The Balaban J connectivity index is 2.58. The third-order valence-electron chi connectivity index (χ3n) is 2.83. The molecule has 0 aliphatic heterocycles. The molecule has 0 aromatic heterocycles. The average molecular weight is 243 g/mol. The van der Waals surface area contributed by atoms with Gasteiger partial charge in [-0.1, -0.05) is 42.5 Å². The summed E-state index contributed by atoms with van der Waals surface area (Å²) in [5.41, 5.74) is 4.59. The van der Waals surface area contributed by atoms with Gasteiger partial charge in [-0.3, -0.25) is 0 Å². The molecule has 0 amide bonds. The van der Waals surface area contributed by atoms with Gasteiger partial charge >= 0.3 is 5.97 Å². The number of carboxylic acid groups (broad SMARTS) is 1. The molecule has 4 N–H and O–H groups in total. The molecule has 0 radical (unpaired) electrons. The Labute approximate surface area is 104 Å². The molecule has 92 valence electrons. The van der Waals surface area contributed by atoms with Crippen LogP contribution in [-0.4, -0.2) is 16.2 Å². The fraction of sp³-hybridized carbons (Fsp3) is 0.0714. The summed E-state index contributed by atoms with van der Waals surface area (Å²) >= 11 is 0. The van der Waals surface area contributed by atoms with E-state index in [1.807, 2.05) is 0 Å². The summed E-state index contributed by atoms with van der Waals surface area (Å²) in [5.74, 6) is -1.32. The van der Waals surface area contributed by atoms with Crippen molar-refractivity contribution in [2.75, 3.05) is 5.73 Å². The molecular weight excluding hydrogens is 230 g/mol. The van der Waals surface area contributed by atoms with E-state index in [-0.39, 0.29) is 5.56 Å². The number of hydrogen-bond donors (Lipinski definition) is 3. The van der Waals surface area contributed by atoms with Crippen LogP contribution in [0.1, 0.15) is 11.1 Å². The third kappa shape index (κ3) is 1.94. The maximum absolute atomic E-state index is 11.4. The quantitative estimate of drug-likeness (QED) is 0.715. The number of carboxylic acids is 1. The van der Waals surface area contributed by atoms with Gasteiger partial charge in [0.15, 0.2) is 0 Å². The van der Waals surface area contributed by atoms with Crippen molar-refractivity contribution < 1.29 is 15.0 Å². The van der Waals surface area contributed by atoms with Crippen molar-refractivity contribution in [2.45, 2.75) is 5.60 Å². The molecular formula is C14H13NO3. The first-order valence-electron chi connectivity index (χ1n) is 5.42. The molecule has 1 atom stereocenters. The minimum Gasteiger partial charge on any atom is -0.479 e. The van der Waals surface area contributed by atoms with Gasteiger partial charge in [0.05, 0.1) is 0 Å². The maximum Gasteiger partial charge on any atom is 0.345 e. The lowest BCUT2D eigenvalue weighted by Gasteiger charge is -2.24. The van der Waals surface area contributed by atoms with E-state index >= 15 is 0 Å². The van der Waals surface area contributed by atoms with Gasteiger partial charge in [0.1, 0.15) is 0 Å². The zero-order valence-corrected chi connectivity index (χ0v) is 9.58. The molecule has 2 aromatic carbocycles. The van der Waals surface area contributed by atoms with Crippen LogP contribution in [0.2, 0.25) is 0 Å². The average Bonchev–Trinajstić information content (AvgIpc) is 2.39. The van der Waals surface area contributed by atoms with Gasteiger partial charge in [0, 0.05) is 5.69 Å². The number of aliphatic carboxylic acids is 1. The maximum atomic E-state index is 11.4. The number of carbonyl (C=O) groups is 1. The van der Waals surface area contributed by atoms with Crippen LogP contribution in [0.5, 0.6) is 0 Å². The number of rotatable bonds is 3. The van der Waals surface area contributed by atoms with Gasteiger partial charge in [-0.05, 0) is 23.3 Å². The number of anilines is 1. The lowest BCUT2D eigenvalue weighted by atomic mass is 9.86. The van der Waals surface area contributed by atoms with E-state index in [1.165, 1.54) is 12.1 Å². The van der Waals surface area contributed by atoms with Crippen molar-refractivity contribution in [2.24, 2.45) is 0 Å². The summed E-state index contributed by atoms with van der Waals surface area (Å²) in [6.45, 7) is 0. The number of benzene rings is 2.